The third-order valence-electron chi connectivity index (χ3n) is 5.43. The van der Waals surface area contributed by atoms with E-state index in [9.17, 15) is 14.4 Å². The van der Waals surface area contributed by atoms with Crippen LogP contribution in [0.25, 0.3) is 10.9 Å². The maximum atomic E-state index is 13.1. The number of carbonyl (C=O) groups is 3. The monoisotopic (exact) mass is 375 g/mol. The number of amides is 3. The summed E-state index contributed by atoms with van der Waals surface area (Å²) in [5, 5.41) is 3.56. The first-order valence-electron chi connectivity index (χ1n) is 9.13. The van der Waals surface area contributed by atoms with Crippen molar-refractivity contribution in [1.82, 2.24) is 15.2 Å². The number of nitrogens with one attached hydrogen (secondary N) is 2. The van der Waals surface area contributed by atoms with E-state index in [0.29, 0.717) is 5.56 Å². The number of aromatic amines is 1. The Labute approximate surface area is 162 Å². The highest BCUT2D eigenvalue weighted by molar-refractivity contribution is 6.15. The van der Waals surface area contributed by atoms with Gasteiger partial charge in [-0.3, -0.25) is 14.5 Å². The average Bonchev–Trinajstić information content (AvgIpc) is 3.10. The third kappa shape index (κ3) is 2.60. The summed E-state index contributed by atoms with van der Waals surface area (Å²) in [6.07, 6.45) is 0. The third-order valence-corrected chi connectivity index (χ3v) is 5.43. The number of benzene rings is 2. The zero-order valence-electron chi connectivity index (χ0n) is 16.0. The zero-order valence-corrected chi connectivity index (χ0v) is 16.0. The molecule has 6 nitrogen and oxygen atoms in total. The number of imide groups is 1. The second-order valence-electron chi connectivity index (χ2n) is 7.36. The molecule has 1 aliphatic heterocycles. The molecule has 2 N–H and O–H groups in total. The quantitative estimate of drug-likeness (QED) is 0.541. The van der Waals surface area contributed by atoms with Gasteiger partial charge < -0.3 is 10.3 Å². The van der Waals surface area contributed by atoms with E-state index in [1.165, 1.54) is 0 Å². The molecule has 0 saturated carbocycles. The minimum atomic E-state index is -1.18. The van der Waals surface area contributed by atoms with E-state index in [4.69, 9.17) is 0 Å². The first-order valence-corrected chi connectivity index (χ1v) is 9.13. The van der Waals surface area contributed by atoms with Crippen molar-refractivity contribution in [3.8, 4) is 0 Å². The number of hydrogen-bond acceptors (Lipinski definition) is 3. The average molecular weight is 375 g/mol. The van der Waals surface area contributed by atoms with E-state index in [1.54, 1.807) is 6.92 Å². The SMILES string of the molecule is Cc1ccccc1C1(C)NC(=O)N(CC(=O)c2c(C)[nH]c3ccccc23)C1=O. The number of Topliss-reactive ketones (excluding diaryl/α,β-unsaturated/α-hetero) is 1. The molecular weight excluding hydrogens is 354 g/mol. The number of ketones is 1. The van der Waals surface area contributed by atoms with Gasteiger partial charge in [0.25, 0.3) is 5.91 Å². The fourth-order valence-electron chi connectivity index (χ4n) is 4.02. The summed E-state index contributed by atoms with van der Waals surface area (Å²) < 4.78 is 0. The number of para-hydroxylation sites is 1. The number of carbonyl (C=O) groups excluding carboxylic acids is 3. The Balaban J connectivity index is 1.66. The molecule has 1 saturated heterocycles. The van der Waals surface area contributed by atoms with Gasteiger partial charge in [0.05, 0.1) is 6.54 Å². The van der Waals surface area contributed by atoms with Gasteiger partial charge in [-0.05, 0) is 38.0 Å². The van der Waals surface area contributed by atoms with Crippen molar-refractivity contribution < 1.29 is 14.4 Å². The molecule has 2 aromatic carbocycles. The second kappa shape index (κ2) is 6.34. The van der Waals surface area contributed by atoms with Crippen molar-refractivity contribution >= 4 is 28.6 Å². The zero-order chi connectivity index (χ0) is 20.1. The molecular formula is C22H21N3O3. The van der Waals surface area contributed by atoms with Crippen LogP contribution in [0.4, 0.5) is 4.79 Å². The number of urea groups is 1. The van der Waals surface area contributed by atoms with Crippen LogP contribution in [0.3, 0.4) is 0 Å². The molecule has 0 spiro atoms. The number of aryl methyl sites for hydroxylation is 2. The predicted octanol–water partition coefficient (Wildman–Crippen LogP) is 3.43. The number of H-pyrrole nitrogens is 1. The number of hydrogen-bond donors (Lipinski definition) is 2. The molecule has 1 atom stereocenters. The molecule has 1 aromatic heterocycles. The molecule has 4 rings (SSSR count). The van der Waals surface area contributed by atoms with E-state index in [2.05, 4.69) is 10.3 Å². The first-order chi connectivity index (χ1) is 13.3. The minimum absolute atomic E-state index is 0.271. The summed E-state index contributed by atoms with van der Waals surface area (Å²) in [5.74, 6) is -0.690. The van der Waals surface area contributed by atoms with Crippen molar-refractivity contribution in [2.45, 2.75) is 26.3 Å². The predicted molar refractivity (Wildman–Crippen MR) is 106 cm³/mol. The Morgan fingerprint density at radius 2 is 1.71 bits per heavy atom. The molecule has 142 valence electrons. The van der Waals surface area contributed by atoms with Crippen LogP contribution < -0.4 is 5.32 Å². The summed E-state index contributed by atoms with van der Waals surface area (Å²) in [7, 11) is 0. The van der Waals surface area contributed by atoms with Crippen molar-refractivity contribution in [3.05, 3.63) is 70.9 Å². The Morgan fingerprint density at radius 3 is 2.46 bits per heavy atom. The van der Waals surface area contributed by atoms with Gasteiger partial charge in [-0.2, -0.15) is 0 Å². The smallest absolute Gasteiger partial charge is 0.325 e. The number of rotatable bonds is 4. The fourth-order valence-corrected chi connectivity index (χ4v) is 4.02. The molecule has 6 heteroatoms. The summed E-state index contributed by atoms with van der Waals surface area (Å²) in [6, 6.07) is 14.4. The highest BCUT2D eigenvalue weighted by Gasteiger charge is 2.50. The maximum Gasteiger partial charge on any atom is 0.325 e. The van der Waals surface area contributed by atoms with Crippen LogP contribution in [-0.2, 0) is 10.3 Å². The molecule has 0 bridgehead atoms. The molecule has 28 heavy (non-hydrogen) atoms. The lowest BCUT2D eigenvalue weighted by Crippen LogP contribution is -2.42. The van der Waals surface area contributed by atoms with Crippen molar-refractivity contribution in [3.63, 3.8) is 0 Å². The number of fused-ring (bicyclic) bond motifs is 1. The lowest BCUT2D eigenvalue weighted by atomic mass is 9.88. The summed E-state index contributed by atoms with van der Waals surface area (Å²) in [4.78, 5) is 42.9. The topological polar surface area (TPSA) is 82.3 Å². The van der Waals surface area contributed by atoms with Crippen molar-refractivity contribution in [1.29, 1.82) is 0 Å². The normalized spacial score (nSPS) is 19.3. The molecule has 3 aromatic rings. The fraction of sp³-hybridized carbons (Fsp3) is 0.227. The molecule has 1 unspecified atom stereocenters. The van der Waals surface area contributed by atoms with Crippen molar-refractivity contribution in [2.24, 2.45) is 0 Å². The van der Waals surface area contributed by atoms with Gasteiger partial charge in [0, 0.05) is 22.2 Å². The Morgan fingerprint density at radius 1 is 1.04 bits per heavy atom. The van der Waals surface area contributed by atoms with Crippen LogP contribution in [0.2, 0.25) is 0 Å². The number of aromatic nitrogens is 1. The van der Waals surface area contributed by atoms with Crippen LogP contribution in [0, 0.1) is 13.8 Å². The van der Waals surface area contributed by atoms with Gasteiger partial charge in [-0.1, -0.05) is 42.5 Å². The van der Waals surface area contributed by atoms with Gasteiger partial charge in [-0.25, -0.2) is 4.79 Å². The van der Waals surface area contributed by atoms with E-state index in [-0.39, 0.29) is 12.3 Å². The van der Waals surface area contributed by atoms with Crippen LogP contribution in [-0.4, -0.2) is 34.2 Å². The first kappa shape index (κ1) is 18.0. The van der Waals surface area contributed by atoms with Gasteiger partial charge in [-0.15, -0.1) is 0 Å². The molecule has 1 fully saturated rings. The number of nitrogens with zero attached hydrogens (tertiary/aromatic N) is 1. The highest BCUT2D eigenvalue weighted by Crippen LogP contribution is 2.31. The van der Waals surface area contributed by atoms with Gasteiger partial charge >= 0.3 is 6.03 Å². The lowest BCUT2D eigenvalue weighted by Gasteiger charge is -2.24. The van der Waals surface area contributed by atoms with Gasteiger partial charge in [0.1, 0.15) is 5.54 Å². The van der Waals surface area contributed by atoms with Crippen LogP contribution >= 0.6 is 0 Å². The van der Waals surface area contributed by atoms with Crippen LogP contribution in [0.1, 0.15) is 34.1 Å². The highest BCUT2D eigenvalue weighted by atomic mass is 16.2. The van der Waals surface area contributed by atoms with Crippen LogP contribution in [0.15, 0.2) is 48.5 Å². The summed E-state index contributed by atoms with van der Waals surface area (Å²) in [6.45, 7) is 5.09. The minimum Gasteiger partial charge on any atom is -0.358 e. The van der Waals surface area contributed by atoms with Gasteiger partial charge in [0.2, 0.25) is 0 Å². The summed E-state index contributed by atoms with van der Waals surface area (Å²) >= 11 is 0. The van der Waals surface area contributed by atoms with E-state index < -0.39 is 17.5 Å². The van der Waals surface area contributed by atoms with E-state index >= 15 is 0 Å². The Hall–Kier alpha value is -3.41. The van der Waals surface area contributed by atoms with Gasteiger partial charge in [0.15, 0.2) is 5.78 Å². The largest absolute Gasteiger partial charge is 0.358 e. The molecule has 0 aliphatic carbocycles. The Bertz CT molecular complexity index is 1130. The molecule has 2 heterocycles. The lowest BCUT2D eigenvalue weighted by molar-refractivity contribution is -0.130. The van der Waals surface area contributed by atoms with Crippen molar-refractivity contribution in [2.75, 3.05) is 6.54 Å². The second-order valence-corrected chi connectivity index (χ2v) is 7.36. The van der Waals surface area contributed by atoms with Crippen LogP contribution in [0.5, 0.6) is 0 Å². The molecule has 1 aliphatic rings. The van der Waals surface area contributed by atoms with E-state index in [0.717, 1.165) is 32.6 Å². The maximum absolute atomic E-state index is 13.1. The standard InChI is InChI=1S/C22H21N3O3/c1-13-8-4-6-10-16(13)22(3)20(27)25(21(28)24-22)12-18(26)19-14(2)23-17-11-7-5-9-15(17)19/h4-11,23H,12H2,1-3H3,(H,24,28). The summed E-state index contributed by atoms with van der Waals surface area (Å²) in [5.41, 5.74) is 2.54. The molecule has 0 radical (unpaired) electrons. The van der Waals surface area contributed by atoms with E-state index in [1.807, 2.05) is 62.4 Å². The Kier molecular flexibility index (Phi) is 4.07. The molecule has 3 amide bonds.